The maximum atomic E-state index is 12.5. The van der Waals surface area contributed by atoms with Gasteiger partial charge in [-0.3, -0.25) is 4.79 Å². The van der Waals surface area contributed by atoms with Crippen molar-refractivity contribution in [2.75, 3.05) is 6.61 Å². The van der Waals surface area contributed by atoms with Crippen molar-refractivity contribution in [3.05, 3.63) is 72.9 Å². The minimum atomic E-state index is -0.873. The van der Waals surface area contributed by atoms with Crippen molar-refractivity contribution in [2.24, 2.45) is 0 Å². The van der Waals surface area contributed by atoms with E-state index in [1.807, 2.05) is 6.08 Å². The summed E-state index contributed by atoms with van der Waals surface area (Å²) in [5.41, 5.74) is 0. The molecule has 0 fully saturated rings. The molecule has 2 unspecified atom stereocenters. The number of carbonyl (C=O) groups excluding carboxylic acids is 1. The van der Waals surface area contributed by atoms with Crippen LogP contribution >= 0.6 is 0 Å². The van der Waals surface area contributed by atoms with Crippen LogP contribution < -0.4 is 5.32 Å². The van der Waals surface area contributed by atoms with Gasteiger partial charge in [-0.15, -0.1) is 0 Å². The third-order valence-corrected chi connectivity index (χ3v) is 12.1. The Morgan fingerprint density at radius 3 is 1.05 bits per heavy atom. The minimum Gasteiger partial charge on any atom is -0.394 e. The normalized spacial score (nSPS) is 13.4. The van der Waals surface area contributed by atoms with Gasteiger partial charge in [-0.2, -0.15) is 0 Å². The van der Waals surface area contributed by atoms with Gasteiger partial charge in [0.25, 0.3) is 0 Å². The summed E-state index contributed by atoms with van der Waals surface area (Å²) in [6, 6.07) is -0.648. The van der Waals surface area contributed by atoms with Gasteiger partial charge in [0.15, 0.2) is 0 Å². The van der Waals surface area contributed by atoms with Crippen molar-refractivity contribution in [3.63, 3.8) is 0 Å². The highest BCUT2D eigenvalue weighted by molar-refractivity contribution is 5.76. The number of amides is 1. The van der Waals surface area contributed by atoms with E-state index in [1.54, 1.807) is 6.08 Å². The van der Waals surface area contributed by atoms with Crippen molar-refractivity contribution in [3.8, 4) is 0 Å². The average molecular weight is 864 g/mol. The first kappa shape index (κ1) is 59.8. The van der Waals surface area contributed by atoms with Crippen LogP contribution in [0.5, 0.6) is 0 Å². The molecule has 0 heterocycles. The predicted molar refractivity (Wildman–Crippen MR) is 276 cm³/mol. The van der Waals surface area contributed by atoms with Gasteiger partial charge in [-0.1, -0.05) is 254 Å². The van der Waals surface area contributed by atoms with Gasteiger partial charge < -0.3 is 15.5 Å². The van der Waals surface area contributed by atoms with E-state index in [0.29, 0.717) is 6.42 Å². The van der Waals surface area contributed by atoms with Crippen molar-refractivity contribution in [1.29, 1.82) is 0 Å². The van der Waals surface area contributed by atoms with E-state index >= 15 is 0 Å². The number of unbranched alkanes of at least 4 members (excludes halogenated alkanes) is 32. The highest BCUT2D eigenvalue weighted by Gasteiger charge is 2.17. The molecule has 4 heteroatoms. The number of aliphatic hydroxyl groups excluding tert-OH is 2. The van der Waals surface area contributed by atoms with E-state index in [-0.39, 0.29) is 12.5 Å². The van der Waals surface area contributed by atoms with Crippen LogP contribution in [0, 0.1) is 0 Å². The van der Waals surface area contributed by atoms with Crippen LogP contribution in [0.3, 0.4) is 0 Å². The largest absolute Gasteiger partial charge is 0.394 e. The van der Waals surface area contributed by atoms with Crippen molar-refractivity contribution >= 4 is 5.91 Å². The topological polar surface area (TPSA) is 69.6 Å². The minimum absolute atomic E-state index is 0.0778. The number of hydrogen-bond donors (Lipinski definition) is 3. The first-order valence-corrected chi connectivity index (χ1v) is 27.2. The van der Waals surface area contributed by atoms with Gasteiger partial charge in [0.2, 0.25) is 5.91 Å². The van der Waals surface area contributed by atoms with Gasteiger partial charge in [0.1, 0.15) is 0 Å². The molecule has 0 aliphatic heterocycles. The Bertz CT molecular complexity index is 1070. The van der Waals surface area contributed by atoms with Gasteiger partial charge >= 0.3 is 0 Å². The average Bonchev–Trinajstić information content (AvgIpc) is 3.28. The Balaban J connectivity index is 3.55. The summed E-state index contributed by atoms with van der Waals surface area (Å²) >= 11 is 0. The lowest BCUT2D eigenvalue weighted by Gasteiger charge is -2.19. The number of allylic oxidation sites excluding steroid dienone is 11. The summed E-state index contributed by atoms with van der Waals surface area (Å²) in [5, 5.41) is 23.1. The Morgan fingerprint density at radius 2 is 0.677 bits per heavy atom. The van der Waals surface area contributed by atoms with Crippen LogP contribution in [0.2, 0.25) is 0 Å². The number of nitrogens with one attached hydrogen (secondary N) is 1. The number of carbonyl (C=O) groups is 1. The molecule has 0 saturated carbocycles. The van der Waals surface area contributed by atoms with E-state index < -0.39 is 12.1 Å². The smallest absolute Gasteiger partial charge is 0.220 e. The molecular weight excluding hydrogens is 759 g/mol. The second-order valence-corrected chi connectivity index (χ2v) is 18.3. The van der Waals surface area contributed by atoms with Crippen LogP contribution in [-0.4, -0.2) is 34.9 Å². The molecule has 1 amide bonds. The van der Waals surface area contributed by atoms with Gasteiger partial charge in [-0.05, 0) is 83.5 Å². The highest BCUT2D eigenvalue weighted by Crippen LogP contribution is 2.15. The zero-order chi connectivity index (χ0) is 44.9. The first-order valence-electron chi connectivity index (χ1n) is 27.2. The second-order valence-electron chi connectivity index (χ2n) is 18.3. The fourth-order valence-electron chi connectivity index (χ4n) is 7.98. The van der Waals surface area contributed by atoms with E-state index in [9.17, 15) is 15.0 Å². The zero-order valence-electron chi connectivity index (χ0n) is 41.4. The van der Waals surface area contributed by atoms with Gasteiger partial charge in [-0.25, -0.2) is 0 Å². The lowest BCUT2D eigenvalue weighted by Crippen LogP contribution is -2.45. The molecule has 0 aromatic heterocycles. The molecule has 0 spiro atoms. The standard InChI is InChI=1S/C58H105NO3/c1-3-5-7-9-11-13-15-17-19-21-23-24-25-26-27-28-29-30-31-32-33-34-36-38-40-42-44-46-48-50-52-54-58(62)59-56(55-60)57(61)53-51-49-47-45-43-41-39-37-35-22-20-18-16-14-12-10-8-6-4-2/h15,17,21,23,25-26,35,37,43,45,51,53,56-57,60-61H,3-14,16,18-20,22,24,27-34,36,38-42,44,46-50,52,54-55H2,1-2H3,(H,59,62)/b17-15-,23-21-,26-25-,37-35+,45-43+,53-51+. The fraction of sp³-hybridized carbons (Fsp3) is 0.776. The summed E-state index contributed by atoms with van der Waals surface area (Å²) < 4.78 is 0. The molecule has 0 aromatic carbocycles. The number of rotatable bonds is 49. The molecule has 0 aromatic rings. The molecule has 0 rings (SSSR count). The molecule has 0 aliphatic rings. The van der Waals surface area contributed by atoms with E-state index in [4.69, 9.17) is 0 Å². The molecule has 0 bridgehead atoms. The molecule has 0 aliphatic carbocycles. The molecule has 0 saturated heterocycles. The van der Waals surface area contributed by atoms with Gasteiger partial charge in [0.05, 0.1) is 18.8 Å². The summed E-state index contributed by atoms with van der Waals surface area (Å²) in [7, 11) is 0. The van der Waals surface area contributed by atoms with E-state index in [0.717, 1.165) is 51.4 Å². The molecule has 2 atom stereocenters. The van der Waals surface area contributed by atoms with Crippen LogP contribution in [-0.2, 0) is 4.79 Å². The molecule has 360 valence electrons. The SMILES string of the molecule is CCCCCCC/C=C\C/C=C\C/C=C\CCCCCCCCCCCCCCCCCCC(=O)NC(CO)C(O)/C=C/CC/C=C/CC/C=C/CCCCCCCCCCC. The molecule has 4 nitrogen and oxygen atoms in total. The van der Waals surface area contributed by atoms with Gasteiger partial charge in [0, 0.05) is 6.42 Å². The predicted octanol–water partition coefficient (Wildman–Crippen LogP) is 17.8. The summed E-state index contributed by atoms with van der Waals surface area (Å²) in [5.74, 6) is -0.0778. The monoisotopic (exact) mass is 864 g/mol. The molecule has 3 N–H and O–H groups in total. The molecule has 0 radical (unpaired) electrons. The van der Waals surface area contributed by atoms with Crippen molar-refractivity contribution < 1.29 is 15.0 Å². The first-order chi connectivity index (χ1) is 30.7. The third-order valence-electron chi connectivity index (χ3n) is 12.1. The second kappa shape index (κ2) is 53.2. The Morgan fingerprint density at radius 1 is 0.387 bits per heavy atom. The summed E-state index contributed by atoms with van der Waals surface area (Å²) in [6.07, 6.45) is 76.2. The summed E-state index contributed by atoms with van der Waals surface area (Å²) in [4.78, 5) is 12.5. The zero-order valence-corrected chi connectivity index (χ0v) is 41.4. The third kappa shape index (κ3) is 48.9. The lowest BCUT2D eigenvalue weighted by atomic mass is 10.0. The number of hydrogen-bond acceptors (Lipinski definition) is 3. The van der Waals surface area contributed by atoms with Crippen LogP contribution in [0.4, 0.5) is 0 Å². The molecular formula is C58H105NO3. The Labute approximate surface area is 387 Å². The van der Waals surface area contributed by atoms with E-state index in [1.165, 1.54) is 199 Å². The van der Waals surface area contributed by atoms with Crippen molar-refractivity contribution in [1.82, 2.24) is 5.32 Å². The van der Waals surface area contributed by atoms with Crippen LogP contribution in [0.1, 0.15) is 271 Å². The summed E-state index contributed by atoms with van der Waals surface area (Å²) in [6.45, 7) is 4.29. The van der Waals surface area contributed by atoms with Crippen LogP contribution in [0.15, 0.2) is 72.9 Å². The Hall–Kier alpha value is -2.17. The maximum Gasteiger partial charge on any atom is 0.220 e. The molecule has 62 heavy (non-hydrogen) atoms. The lowest BCUT2D eigenvalue weighted by molar-refractivity contribution is -0.123. The quantitative estimate of drug-likeness (QED) is 0.0421. The highest BCUT2D eigenvalue weighted by atomic mass is 16.3. The number of aliphatic hydroxyl groups is 2. The van der Waals surface area contributed by atoms with E-state index in [2.05, 4.69) is 79.9 Å². The fourth-order valence-corrected chi connectivity index (χ4v) is 7.98. The van der Waals surface area contributed by atoms with Crippen LogP contribution in [0.25, 0.3) is 0 Å². The van der Waals surface area contributed by atoms with Crippen molar-refractivity contribution in [2.45, 2.75) is 283 Å². The maximum absolute atomic E-state index is 12.5. The Kier molecular flexibility index (Phi) is 51.3.